The van der Waals surface area contributed by atoms with Crippen molar-refractivity contribution in [2.75, 3.05) is 5.32 Å². The molecule has 152 valence electrons. The number of alkyl halides is 3. The van der Waals surface area contributed by atoms with Crippen LogP contribution < -0.4 is 10.6 Å². The first-order valence-electron chi connectivity index (χ1n) is 8.50. The molecule has 0 saturated heterocycles. The van der Waals surface area contributed by atoms with E-state index < -0.39 is 23.3 Å². The average molecular weight is 476 g/mol. The molecular weight excluding hydrogens is 463 g/mol. The Hall–Kier alpha value is -3.45. The summed E-state index contributed by atoms with van der Waals surface area (Å²) in [6.07, 6.45) is -4.01. The normalized spacial score (nSPS) is 10.9. The fourth-order valence-corrected chi connectivity index (χ4v) is 2.89. The molecule has 0 aliphatic rings. The van der Waals surface area contributed by atoms with Crippen molar-refractivity contribution in [3.05, 3.63) is 81.6 Å². The molecule has 0 atom stereocenters. The van der Waals surface area contributed by atoms with Crippen LogP contribution >= 0.6 is 15.9 Å². The van der Waals surface area contributed by atoms with Crippen LogP contribution in [0.25, 0.3) is 0 Å². The van der Waals surface area contributed by atoms with Crippen LogP contribution in [0.5, 0.6) is 0 Å². The average Bonchev–Trinajstić information content (AvgIpc) is 2.72. The Balaban J connectivity index is 1.80. The lowest BCUT2D eigenvalue weighted by Gasteiger charge is -2.14. The van der Waals surface area contributed by atoms with E-state index in [4.69, 9.17) is 5.26 Å². The zero-order chi connectivity index (χ0) is 21.7. The minimum absolute atomic E-state index is 0.0140. The quantitative estimate of drug-likeness (QED) is 0.552. The van der Waals surface area contributed by atoms with E-state index in [0.717, 1.165) is 10.7 Å². The fourth-order valence-electron chi connectivity index (χ4n) is 2.49. The van der Waals surface area contributed by atoms with Crippen molar-refractivity contribution in [2.45, 2.75) is 12.7 Å². The molecule has 0 unspecified atom stereocenters. The lowest BCUT2D eigenvalue weighted by molar-refractivity contribution is -0.141. The van der Waals surface area contributed by atoms with Crippen LogP contribution in [0.2, 0.25) is 0 Å². The summed E-state index contributed by atoms with van der Waals surface area (Å²) in [5.41, 5.74) is -0.477. The van der Waals surface area contributed by atoms with Gasteiger partial charge in [0.25, 0.3) is 5.91 Å². The Morgan fingerprint density at radius 3 is 2.53 bits per heavy atom. The molecular formula is C20H13BrF3N5O. The highest BCUT2D eigenvalue weighted by molar-refractivity contribution is 9.10. The second-order valence-corrected chi connectivity index (χ2v) is 7.00. The molecule has 0 aliphatic carbocycles. The topological polar surface area (TPSA) is 90.7 Å². The molecule has 2 aromatic carbocycles. The summed E-state index contributed by atoms with van der Waals surface area (Å²) in [4.78, 5) is 19.7. The zero-order valence-corrected chi connectivity index (χ0v) is 16.8. The van der Waals surface area contributed by atoms with Gasteiger partial charge in [-0.25, -0.2) is 9.97 Å². The molecule has 6 nitrogen and oxygen atoms in total. The lowest BCUT2D eigenvalue weighted by Crippen LogP contribution is -2.27. The first-order chi connectivity index (χ1) is 14.3. The van der Waals surface area contributed by atoms with Crippen molar-refractivity contribution < 1.29 is 18.0 Å². The third-order valence-corrected chi connectivity index (χ3v) is 4.41. The van der Waals surface area contributed by atoms with Crippen LogP contribution in [-0.4, -0.2) is 15.9 Å². The van der Waals surface area contributed by atoms with Crippen molar-refractivity contribution in [3.63, 3.8) is 0 Å². The van der Waals surface area contributed by atoms with E-state index in [9.17, 15) is 18.0 Å². The van der Waals surface area contributed by atoms with E-state index in [1.54, 1.807) is 48.5 Å². The molecule has 3 rings (SSSR count). The molecule has 3 aromatic rings. The monoisotopic (exact) mass is 475 g/mol. The number of nitriles is 1. The van der Waals surface area contributed by atoms with Gasteiger partial charge in [0, 0.05) is 22.9 Å². The second-order valence-electron chi connectivity index (χ2n) is 6.08. The molecule has 2 N–H and O–H groups in total. The van der Waals surface area contributed by atoms with Gasteiger partial charge < -0.3 is 10.6 Å². The van der Waals surface area contributed by atoms with Crippen molar-refractivity contribution in [2.24, 2.45) is 0 Å². The maximum absolute atomic E-state index is 13.5. The van der Waals surface area contributed by atoms with Crippen LogP contribution in [-0.2, 0) is 12.7 Å². The molecule has 0 aliphatic heterocycles. The standard InChI is InChI=1S/C20H13BrF3N5O/c21-14-2-1-3-15(8-14)28-19-27-11-16(17(29-19)20(22,23)24)18(30)26-10-13-6-4-12(9-25)5-7-13/h1-8,11H,10H2,(H,26,30)(H,27,28,29). The molecule has 10 heteroatoms. The third kappa shape index (κ3) is 5.33. The van der Waals surface area contributed by atoms with Gasteiger partial charge in [0.2, 0.25) is 5.95 Å². The number of carbonyl (C=O) groups excluding carboxylic acids is 1. The zero-order valence-electron chi connectivity index (χ0n) is 15.2. The number of hydrogen-bond acceptors (Lipinski definition) is 5. The molecule has 0 spiro atoms. The Morgan fingerprint density at radius 1 is 1.17 bits per heavy atom. The summed E-state index contributed by atoms with van der Waals surface area (Å²) in [5.74, 6) is -1.25. The maximum atomic E-state index is 13.5. The SMILES string of the molecule is N#Cc1ccc(CNC(=O)c2cnc(Nc3cccc(Br)c3)nc2C(F)(F)F)cc1. The molecule has 1 aromatic heterocycles. The van der Waals surface area contributed by atoms with E-state index in [-0.39, 0.29) is 12.5 Å². The highest BCUT2D eigenvalue weighted by atomic mass is 79.9. The summed E-state index contributed by atoms with van der Waals surface area (Å²) in [7, 11) is 0. The summed E-state index contributed by atoms with van der Waals surface area (Å²) < 4.78 is 41.2. The number of hydrogen-bond donors (Lipinski definition) is 2. The van der Waals surface area contributed by atoms with Crippen LogP contribution in [0.15, 0.2) is 59.2 Å². The highest BCUT2D eigenvalue weighted by Gasteiger charge is 2.38. The molecule has 1 heterocycles. The number of nitrogens with zero attached hydrogens (tertiary/aromatic N) is 3. The number of anilines is 2. The summed E-state index contributed by atoms with van der Waals surface area (Å²) in [6.45, 7) is -0.0140. The molecule has 0 saturated carbocycles. The van der Waals surface area contributed by atoms with Crippen molar-refractivity contribution in [3.8, 4) is 6.07 Å². The lowest BCUT2D eigenvalue weighted by atomic mass is 10.1. The van der Waals surface area contributed by atoms with Crippen LogP contribution in [0.4, 0.5) is 24.8 Å². The summed E-state index contributed by atoms with van der Waals surface area (Å²) >= 11 is 3.27. The first-order valence-corrected chi connectivity index (χ1v) is 9.29. The van der Waals surface area contributed by atoms with Crippen LogP contribution in [0, 0.1) is 11.3 Å². The first kappa shape index (κ1) is 21.3. The Morgan fingerprint density at radius 2 is 1.90 bits per heavy atom. The summed E-state index contributed by atoms with van der Waals surface area (Å²) in [6, 6.07) is 15.0. The fraction of sp³-hybridized carbons (Fsp3) is 0.100. The Labute approximate surface area is 177 Å². The molecule has 30 heavy (non-hydrogen) atoms. The van der Waals surface area contributed by atoms with Gasteiger partial charge in [-0.3, -0.25) is 4.79 Å². The van der Waals surface area contributed by atoms with Gasteiger partial charge in [0.05, 0.1) is 17.2 Å². The van der Waals surface area contributed by atoms with Gasteiger partial charge in [-0.15, -0.1) is 0 Å². The maximum Gasteiger partial charge on any atom is 0.434 e. The predicted molar refractivity (Wildman–Crippen MR) is 107 cm³/mol. The van der Waals surface area contributed by atoms with E-state index in [1.807, 2.05) is 6.07 Å². The van der Waals surface area contributed by atoms with E-state index >= 15 is 0 Å². The number of nitrogens with one attached hydrogen (secondary N) is 2. The predicted octanol–water partition coefficient (Wildman–Crippen LogP) is 4.80. The number of rotatable bonds is 5. The Kier molecular flexibility index (Phi) is 6.32. The number of amides is 1. The van der Waals surface area contributed by atoms with Gasteiger partial charge in [-0.1, -0.05) is 34.1 Å². The largest absolute Gasteiger partial charge is 0.434 e. The van der Waals surface area contributed by atoms with E-state index in [0.29, 0.717) is 16.8 Å². The van der Waals surface area contributed by atoms with Gasteiger partial charge >= 0.3 is 6.18 Å². The minimum Gasteiger partial charge on any atom is -0.348 e. The van der Waals surface area contributed by atoms with E-state index in [1.165, 1.54) is 0 Å². The number of benzene rings is 2. The minimum atomic E-state index is -4.85. The number of halogens is 4. The van der Waals surface area contributed by atoms with Gasteiger partial charge in [0.15, 0.2) is 5.69 Å². The van der Waals surface area contributed by atoms with Gasteiger partial charge in [0.1, 0.15) is 0 Å². The smallest absolute Gasteiger partial charge is 0.348 e. The van der Waals surface area contributed by atoms with E-state index in [2.05, 4.69) is 36.5 Å². The number of carbonyl (C=O) groups is 1. The van der Waals surface area contributed by atoms with Crippen molar-refractivity contribution in [1.29, 1.82) is 5.26 Å². The van der Waals surface area contributed by atoms with Gasteiger partial charge in [-0.2, -0.15) is 18.4 Å². The molecule has 1 amide bonds. The second kappa shape index (κ2) is 8.92. The van der Waals surface area contributed by atoms with Crippen molar-refractivity contribution >= 4 is 33.5 Å². The molecule has 0 radical (unpaired) electrons. The highest BCUT2D eigenvalue weighted by Crippen LogP contribution is 2.31. The van der Waals surface area contributed by atoms with Crippen LogP contribution in [0.3, 0.4) is 0 Å². The van der Waals surface area contributed by atoms with Crippen molar-refractivity contribution in [1.82, 2.24) is 15.3 Å². The number of aromatic nitrogens is 2. The summed E-state index contributed by atoms with van der Waals surface area (Å²) in [5, 5.41) is 13.9. The molecule has 0 fully saturated rings. The molecule has 0 bridgehead atoms. The Bertz CT molecular complexity index is 1110. The van der Waals surface area contributed by atoms with Crippen LogP contribution in [0.1, 0.15) is 27.2 Å². The van der Waals surface area contributed by atoms with Gasteiger partial charge in [-0.05, 0) is 35.9 Å². The third-order valence-electron chi connectivity index (χ3n) is 3.92.